The van der Waals surface area contributed by atoms with E-state index >= 15 is 4.39 Å². The van der Waals surface area contributed by atoms with E-state index in [1.54, 1.807) is 23.4 Å². The molecule has 0 radical (unpaired) electrons. The van der Waals surface area contributed by atoms with Crippen molar-refractivity contribution < 1.29 is 13.2 Å². The highest BCUT2D eigenvalue weighted by Gasteiger charge is 2.37. The Kier molecular flexibility index (Phi) is 9.56. The number of rotatable bonds is 8. The number of imidazole rings is 1. The first kappa shape index (κ1) is 29.9. The molecule has 3 aromatic rings. The van der Waals surface area contributed by atoms with Gasteiger partial charge >= 0.3 is 0 Å². The number of aromatic nitrogens is 3. The number of aromatic amines is 1. The fourth-order valence-electron chi connectivity index (χ4n) is 5.54. The Balaban J connectivity index is 0.00000189. The van der Waals surface area contributed by atoms with Crippen LogP contribution in [0.5, 0.6) is 0 Å². The Morgan fingerprint density at radius 1 is 1.12 bits per heavy atom. The van der Waals surface area contributed by atoms with Gasteiger partial charge in [0.2, 0.25) is 0 Å². The number of hydrogen-bond donors (Lipinski definition) is 2. The maximum atomic E-state index is 15.0. The van der Waals surface area contributed by atoms with E-state index in [1.165, 1.54) is 12.5 Å². The Labute approximate surface area is 240 Å². The number of alkyl halides is 2. The molecule has 6 nitrogen and oxygen atoms in total. The summed E-state index contributed by atoms with van der Waals surface area (Å²) < 4.78 is 42.2. The summed E-state index contributed by atoms with van der Waals surface area (Å²) in [6.45, 7) is 8.28. The highest BCUT2D eigenvalue weighted by atomic mass is 19.3. The molecule has 1 aromatic carbocycles. The lowest BCUT2D eigenvalue weighted by Gasteiger charge is -2.30. The number of piperidine rings is 1. The van der Waals surface area contributed by atoms with Crippen LogP contribution in [-0.4, -0.2) is 56.9 Å². The number of terminal acetylenes is 1. The minimum Gasteiger partial charge on any atom is -0.396 e. The first-order valence-electron chi connectivity index (χ1n) is 13.8. The van der Waals surface area contributed by atoms with E-state index in [9.17, 15) is 8.78 Å². The van der Waals surface area contributed by atoms with Crippen LogP contribution in [-0.2, 0) is 13.0 Å². The van der Waals surface area contributed by atoms with Gasteiger partial charge in [0.15, 0.2) is 0 Å². The molecule has 0 bridgehead atoms. The number of benzene rings is 1. The van der Waals surface area contributed by atoms with E-state index in [0.717, 1.165) is 48.6 Å². The predicted octanol–water partition coefficient (Wildman–Crippen LogP) is 6.20. The molecule has 41 heavy (non-hydrogen) atoms. The lowest BCUT2D eigenvalue weighted by Crippen LogP contribution is -2.28. The number of halogens is 3. The third kappa shape index (κ3) is 7.19. The van der Waals surface area contributed by atoms with Gasteiger partial charge in [0.25, 0.3) is 5.92 Å². The van der Waals surface area contributed by atoms with Crippen LogP contribution >= 0.6 is 0 Å². The van der Waals surface area contributed by atoms with Gasteiger partial charge in [-0.25, -0.2) is 18.2 Å². The van der Waals surface area contributed by atoms with Crippen molar-refractivity contribution in [3.8, 4) is 24.0 Å². The van der Waals surface area contributed by atoms with E-state index in [1.807, 2.05) is 25.1 Å². The SMILES string of the molecule is C#C.C=C/C=C(\c1nc(Cc2cc(-c3cncc(CN4CCC(F)(F)C4)c3)cc(F)c2N)[nH]c1C)N1CCCCC1. The van der Waals surface area contributed by atoms with Crippen molar-refractivity contribution in [3.63, 3.8) is 0 Å². The molecule has 9 heteroatoms. The van der Waals surface area contributed by atoms with E-state index in [4.69, 9.17) is 10.7 Å². The molecule has 0 unspecified atom stereocenters. The molecule has 2 saturated heterocycles. The second kappa shape index (κ2) is 13.1. The summed E-state index contributed by atoms with van der Waals surface area (Å²) in [6, 6.07) is 5.12. The average Bonchev–Trinajstić information content (AvgIpc) is 3.51. The van der Waals surface area contributed by atoms with Crippen molar-refractivity contribution in [2.45, 2.75) is 51.5 Å². The van der Waals surface area contributed by atoms with Crippen molar-refractivity contribution in [2.75, 3.05) is 31.9 Å². The van der Waals surface area contributed by atoms with Crippen LogP contribution in [0.3, 0.4) is 0 Å². The Bertz CT molecular complexity index is 1420. The number of aryl methyl sites for hydroxylation is 1. The van der Waals surface area contributed by atoms with E-state index in [-0.39, 0.29) is 18.7 Å². The first-order chi connectivity index (χ1) is 19.7. The van der Waals surface area contributed by atoms with Crippen LogP contribution < -0.4 is 5.73 Å². The number of nitrogens with zero attached hydrogens (tertiary/aromatic N) is 4. The minimum absolute atomic E-state index is 0.0793. The lowest BCUT2D eigenvalue weighted by atomic mass is 9.99. The van der Waals surface area contributed by atoms with Gasteiger partial charge < -0.3 is 15.6 Å². The first-order valence-corrected chi connectivity index (χ1v) is 13.8. The number of pyridine rings is 1. The fraction of sp³-hybridized carbons (Fsp3) is 0.375. The van der Waals surface area contributed by atoms with Crippen molar-refractivity contribution >= 4 is 11.4 Å². The van der Waals surface area contributed by atoms with Gasteiger partial charge in [0.1, 0.15) is 17.3 Å². The molecule has 4 heterocycles. The number of allylic oxidation sites excluding steroid dienone is 2. The number of nitrogen functional groups attached to an aromatic ring is 1. The third-order valence-electron chi connectivity index (χ3n) is 7.51. The highest BCUT2D eigenvalue weighted by molar-refractivity contribution is 5.69. The molecule has 2 aromatic heterocycles. The Morgan fingerprint density at radius 2 is 1.88 bits per heavy atom. The lowest BCUT2D eigenvalue weighted by molar-refractivity contribution is 0.0115. The standard InChI is InChI=1S/C30H35F3N6.C2H2/c1-3-7-26(39-9-5-4-6-10-39)29-20(2)36-27(37-29)15-23-13-22(14-25(31)28(23)34)24-12-21(16-35-17-24)18-38-11-8-30(32,33)19-38;1-2/h3,7,12-14,16-17H,1,4-6,8-11,15,18-19,34H2,2H3,(H,36,37);1-2H/b26-7+;. The smallest absolute Gasteiger partial charge is 0.261 e. The summed E-state index contributed by atoms with van der Waals surface area (Å²) in [6.07, 6.45) is 18.8. The second-order valence-electron chi connectivity index (χ2n) is 10.6. The minimum atomic E-state index is -2.65. The molecular formula is C32H37F3N6. The third-order valence-corrected chi connectivity index (χ3v) is 7.51. The summed E-state index contributed by atoms with van der Waals surface area (Å²) in [5.41, 5.74) is 11.8. The van der Waals surface area contributed by atoms with Crippen LogP contribution in [0.2, 0.25) is 0 Å². The summed E-state index contributed by atoms with van der Waals surface area (Å²) in [7, 11) is 0. The molecule has 3 N–H and O–H groups in total. The average molecular weight is 563 g/mol. The summed E-state index contributed by atoms with van der Waals surface area (Å²) in [5.74, 6) is -2.48. The van der Waals surface area contributed by atoms with Crippen LogP contribution in [0.25, 0.3) is 16.8 Å². The number of hydrogen-bond acceptors (Lipinski definition) is 5. The molecule has 0 aliphatic carbocycles. The highest BCUT2D eigenvalue weighted by Crippen LogP contribution is 2.31. The van der Waals surface area contributed by atoms with E-state index < -0.39 is 11.7 Å². The van der Waals surface area contributed by atoms with Gasteiger partial charge in [0.05, 0.1) is 17.9 Å². The Morgan fingerprint density at radius 3 is 2.56 bits per heavy atom. The van der Waals surface area contributed by atoms with E-state index in [2.05, 4.69) is 34.3 Å². The second-order valence-corrected chi connectivity index (χ2v) is 10.6. The molecule has 0 amide bonds. The maximum Gasteiger partial charge on any atom is 0.261 e. The summed E-state index contributed by atoms with van der Waals surface area (Å²) >= 11 is 0. The molecule has 216 valence electrons. The van der Waals surface area contributed by atoms with Crippen LogP contribution in [0, 0.1) is 25.6 Å². The molecular weight excluding hydrogens is 525 g/mol. The quantitative estimate of drug-likeness (QED) is 0.194. The van der Waals surface area contributed by atoms with Crippen molar-refractivity contribution in [2.24, 2.45) is 0 Å². The van der Waals surface area contributed by atoms with Gasteiger partial charge in [-0.15, -0.1) is 12.8 Å². The zero-order chi connectivity index (χ0) is 29.6. The number of nitrogens with one attached hydrogen (secondary N) is 1. The number of anilines is 1. The number of H-pyrrole nitrogens is 1. The molecule has 0 saturated carbocycles. The molecule has 5 rings (SSSR count). The summed E-state index contributed by atoms with van der Waals surface area (Å²) in [5, 5.41) is 0. The van der Waals surface area contributed by atoms with Crippen LogP contribution in [0.1, 0.15) is 54.0 Å². The van der Waals surface area contributed by atoms with Crippen molar-refractivity contribution in [3.05, 3.63) is 83.5 Å². The molecule has 0 spiro atoms. The summed E-state index contributed by atoms with van der Waals surface area (Å²) in [4.78, 5) is 16.6. The predicted molar refractivity (Wildman–Crippen MR) is 159 cm³/mol. The molecule has 2 fully saturated rings. The van der Waals surface area contributed by atoms with Crippen LogP contribution in [0.15, 0.2) is 49.3 Å². The number of likely N-dealkylation sites (tertiary alicyclic amines) is 2. The normalized spacial score (nSPS) is 17.2. The van der Waals surface area contributed by atoms with Crippen molar-refractivity contribution in [1.29, 1.82) is 0 Å². The fourth-order valence-corrected chi connectivity index (χ4v) is 5.54. The van der Waals surface area contributed by atoms with E-state index in [0.29, 0.717) is 42.0 Å². The molecule has 2 aliphatic heterocycles. The molecule has 2 aliphatic rings. The zero-order valence-corrected chi connectivity index (χ0v) is 23.5. The van der Waals surface area contributed by atoms with Gasteiger partial charge in [0, 0.05) is 62.7 Å². The monoisotopic (exact) mass is 562 g/mol. The van der Waals surface area contributed by atoms with Gasteiger partial charge in [-0.05, 0) is 67.2 Å². The largest absolute Gasteiger partial charge is 0.396 e. The van der Waals surface area contributed by atoms with Gasteiger partial charge in [-0.3, -0.25) is 9.88 Å². The molecule has 0 atom stereocenters. The number of nitrogens with two attached hydrogens (primary N) is 1. The van der Waals surface area contributed by atoms with Crippen molar-refractivity contribution in [1.82, 2.24) is 24.8 Å². The topological polar surface area (TPSA) is 74.1 Å². The Hall–Kier alpha value is -4.03. The van der Waals surface area contributed by atoms with Gasteiger partial charge in [-0.1, -0.05) is 12.7 Å². The maximum absolute atomic E-state index is 15.0. The van der Waals surface area contributed by atoms with Crippen LogP contribution in [0.4, 0.5) is 18.9 Å². The zero-order valence-electron chi connectivity index (χ0n) is 23.5. The van der Waals surface area contributed by atoms with Gasteiger partial charge in [-0.2, -0.15) is 0 Å².